The highest BCUT2D eigenvalue weighted by Gasteiger charge is 2.35. The monoisotopic (exact) mass is 597 g/mol. The third kappa shape index (κ3) is 4.47. The first-order valence-electron chi connectivity index (χ1n) is 11.8. The number of esters is 1. The first-order valence-corrected chi connectivity index (χ1v) is 13.8. The van der Waals surface area contributed by atoms with Crippen LogP contribution >= 0.6 is 39.5 Å². The van der Waals surface area contributed by atoms with Crippen molar-refractivity contribution in [2.75, 3.05) is 12.0 Å². The van der Waals surface area contributed by atoms with Crippen LogP contribution in [0.4, 0.5) is 5.69 Å². The van der Waals surface area contributed by atoms with Gasteiger partial charge in [0.2, 0.25) is 0 Å². The van der Waals surface area contributed by atoms with Crippen molar-refractivity contribution in [2.45, 2.75) is 39.5 Å². The van der Waals surface area contributed by atoms with Gasteiger partial charge in [-0.25, -0.2) is 4.79 Å². The van der Waals surface area contributed by atoms with Crippen molar-refractivity contribution in [2.24, 2.45) is 0 Å². The van der Waals surface area contributed by atoms with Gasteiger partial charge in [0.05, 0.1) is 18.4 Å². The second-order valence-electron chi connectivity index (χ2n) is 8.98. The zero-order valence-electron chi connectivity index (χ0n) is 20.5. The summed E-state index contributed by atoms with van der Waals surface area (Å²) in [7, 11) is 1.40. The molecule has 37 heavy (non-hydrogen) atoms. The lowest BCUT2D eigenvalue weighted by molar-refractivity contribution is -0.122. The van der Waals surface area contributed by atoms with Crippen LogP contribution in [-0.2, 0) is 27.2 Å². The standard InChI is InChI=1S/C27H24BrN3O4S2/c1-14-11-16(12-20-23(32)29-27(36)31(24(20)33)18-8-6-7-17(28)13-18)15(2)30(14)25-22(26(34)35-3)19-9-4-5-10-21(19)37-25/h6-8,11-13H,4-5,9-10H2,1-3H3,(H,29,32,36)/b20-12+. The number of carbonyl (C=O) groups excluding carboxylic acids is 3. The number of anilines is 1. The summed E-state index contributed by atoms with van der Waals surface area (Å²) in [4.78, 5) is 41.7. The van der Waals surface area contributed by atoms with E-state index in [1.54, 1.807) is 35.6 Å². The van der Waals surface area contributed by atoms with Crippen molar-refractivity contribution in [3.8, 4) is 5.00 Å². The summed E-state index contributed by atoms with van der Waals surface area (Å²) < 4.78 is 7.96. The molecule has 1 fully saturated rings. The highest BCUT2D eigenvalue weighted by atomic mass is 79.9. The number of halogens is 1. The second kappa shape index (κ2) is 10.00. The molecule has 2 aliphatic rings. The van der Waals surface area contributed by atoms with Crippen LogP contribution in [0.1, 0.15) is 50.6 Å². The lowest BCUT2D eigenvalue weighted by Gasteiger charge is -2.29. The molecule has 3 aromatic rings. The molecule has 1 aliphatic carbocycles. The van der Waals surface area contributed by atoms with Crippen molar-refractivity contribution in [3.63, 3.8) is 0 Å². The maximum absolute atomic E-state index is 13.5. The van der Waals surface area contributed by atoms with Crippen LogP contribution in [0.25, 0.3) is 11.1 Å². The van der Waals surface area contributed by atoms with E-state index in [1.165, 1.54) is 16.9 Å². The van der Waals surface area contributed by atoms with E-state index in [0.717, 1.165) is 52.1 Å². The molecule has 3 heterocycles. The van der Waals surface area contributed by atoms with Crippen molar-refractivity contribution >= 4 is 74.1 Å². The van der Waals surface area contributed by atoms with E-state index in [1.807, 2.05) is 30.5 Å². The molecule has 10 heteroatoms. The molecule has 2 aromatic heterocycles. The van der Waals surface area contributed by atoms with Gasteiger partial charge >= 0.3 is 5.97 Å². The van der Waals surface area contributed by atoms with Gasteiger partial charge in [0.15, 0.2) is 5.11 Å². The van der Waals surface area contributed by atoms with Crippen LogP contribution in [0, 0.1) is 13.8 Å². The van der Waals surface area contributed by atoms with E-state index in [4.69, 9.17) is 17.0 Å². The van der Waals surface area contributed by atoms with Crippen molar-refractivity contribution in [1.82, 2.24) is 9.88 Å². The molecule has 1 saturated heterocycles. The minimum absolute atomic E-state index is 0.0208. The fourth-order valence-corrected chi connectivity index (χ4v) is 7.09. The Labute approximate surface area is 232 Å². The van der Waals surface area contributed by atoms with Gasteiger partial charge in [-0.15, -0.1) is 11.3 Å². The highest BCUT2D eigenvalue weighted by Crippen LogP contribution is 2.39. The number of thiocarbonyl (C=S) groups is 1. The van der Waals surface area contributed by atoms with Gasteiger partial charge < -0.3 is 9.30 Å². The number of rotatable bonds is 4. The van der Waals surface area contributed by atoms with Crippen molar-refractivity contribution < 1.29 is 19.1 Å². The minimum atomic E-state index is -0.548. The Bertz CT molecular complexity index is 1520. The van der Waals surface area contributed by atoms with Gasteiger partial charge in [0.25, 0.3) is 11.8 Å². The molecule has 190 valence electrons. The average molecular weight is 599 g/mol. The third-order valence-corrected chi connectivity index (χ3v) is 8.74. The number of aromatic nitrogens is 1. The van der Waals surface area contributed by atoms with Crippen LogP contribution < -0.4 is 10.2 Å². The Balaban J connectivity index is 1.60. The molecule has 0 unspecified atom stereocenters. The predicted octanol–water partition coefficient (Wildman–Crippen LogP) is 5.41. The SMILES string of the molecule is COC(=O)c1c(-n2c(C)cc(/C=C3\C(=O)NC(=S)N(c4cccc(Br)c4)C3=O)c2C)sc2c1CCCC2. The molecule has 0 spiro atoms. The number of thiophene rings is 1. The number of amides is 2. The van der Waals surface area contributed by atoms with Crippen molar-refractivity contribution in [3.05, 3.63) is 73.3 Å². The fourth-order valence-electron chi connectivity index (χ4n) is 4.93. The van der Waals surface area contributed by atoms with Crippen LogP contribution in [0.3, 0.4) is 0 Å². The number of nitrogens with zero attached hydrogens (tertiary/aromatic N) is 2. The number of hydrogen-bond donors (Lipinski definition) is 1. The van der Waals surface area contributed by atoms with E-state index >= 15 is 0 Å². The number of aryl methyl sites for hydroxylation is 2. The Hall–Kier alpha value is -3.08. The zero-order chi connectivity index (χ0) is 26.4. The number of ether oxygens (including phenoxy) is 1. The molecular weight excluding hydrogens is 574 g/mol. The topological polar surface area (TPSA) is 80.6 Å². The third-order valence-electron chi connectivity index (χ3n) is 6.68. The number of fused-ring (bicyclic) bond motifs is 1. The number of benzene rings is 1. The van der Waals surface area contributed by atoms with Gasteiger partial charge in [-0.1, -0.05) is 22.0 Å². The minimum Gasteiger partial charge on any atom is -0.465 e. The summed E-state index contributed by atoms with van der Waals surface area (Å²) in [5, 5.41) is 3.48. The summed E-state index contributed by atoms with van der Waals surface area (Å²) in [6.07, 6.45) is 5.53. The lowest BCUT2D eigenvalue weighted by atomic mass is 9.95. The summed E-state index contributed by atoms with van der Waals surface area (Å²) in [5.74, 6) is -1.40. The number of carbonyl (C=O) groups is 3. The Morgan fingerprint density at radius 3 is 2.68 bits per heavy atom. The highest BCUT2D eigenvalue weighted by molar-refractivity contribution is 9.10. The Morgan fingerprint density at radius 1 is 1.19 bits per heavy atom. The first kappa shape index (κ1) is 25.6. The molecule has 0 bridgehead atoms. The molecule has 5 rings (SSSR count). The molecule has 2 amide bonds. The molecule has 7 nitrogen and oxygen atoms in total. The van der Waals surface area contributed by atoms with E-state index in [2.05, 4.69) is 21.2 Å². The maximum atomic E-state index is 13.5. The van der Waals surface area contributed by atoms with E-state index in [9.17, 15) is 14.4 Å². The summed E-state index contributed by atoms with van der Waals surface area (Å²) in [5.41, 5.74) is 4.62. The molecule has 1 aliphatic heterocycles. The van der Waals surface area contributed by atoms with Gasteiger partial charge in [-0.2, -0.15) is 0 Å². The fraction of sp³-hybridized carbons (Fsp3) is 0.259. The zero-order valence-corrected chi connectivity index (χ0v) is 23.7. The van der Waals surface area contributed by atoms with Crippen LogP contribution in [0.5, 0.6) is 0 Å². The normalized spacial score (nSPS) is 16.7. The number of nitrogens with one attached hydrogen (secondary N) is 1. The van der Waals surface area contributed by atoms with Crippen molar-refractivity contribution in [1.29, 1.82) is 0 Å². The average Bonchev–Trinajstić information content (AvgIpc) is 3.37. The molecule has 1 N–H and O–H groups in total. The number of hydrogen-bond acceptors (Lipinski definition) is 6. The van der Waals surface area contributed by atoms with Crippen LogP contribution in [0.15, 0.2) is 40.4 Å². The molecule has 1 aromatic carbocycles. The predicted molar refractivity (Wildman–Crippen MR) is 151 cm³/mol. The van der Waals surface area contributed by atoms with Gasteiger partial charge in [0, 0.05) is 20.7 Å². The van der Waals surface area contributed by atoms with Gasteiger partial charge in [0.1, 0.15) is 10.6 Å². The van der Waals surface area contributed by atoms with Gasteiger partial charge in [-0.05, 0) is 93.2 Å². The summed E-state index contributed by atoms with van der Waals surface area (Å²) >= 11 is 10.3. The van der Waals surface area contributed by atoms with E-state index < -0.39 is 11.8 Å². The molecule has 0 atom stereocenters. The summed E-state index contributed by atoms with van der Waals surface area (Å²) in [6.45, 7) is 3.86. The Morgan fingerprint density at radius 2 is 1.95 bits per heavy atom. The Kier molecular flexibility index (Phi) is 6.91. The number of methoxy groups -OCH3 is 1. The second-order valence-corrected chi connectivity index (χ2v) is 11.4. The van der Waals surface area contributed by atoms with Gasteiger partial charge in [-0.3, -0.25) is 19.8 Å². The first-order chi connectivity index (χ1) is 17.7. The molecule has 0 radical (unpaired) electrons. The lowest BCUT2D eigenvalue weighted by Crippen LogP contribution is -2.54. The molecular formula is C27H24BrN3O4S2. The van der Waals surface area contributed by atoms with E-state index in [-0.39, 0.29) is 16.7 Å². The quantitative estimate of drug-likeness (QED) is 0.188. The summed E-state index contributed by atoms with van der Waals surface area (Å²) in [6, 6.07) is 9.07. The van der Waals surface area contributed by atoms with E-state index in [0.29, 0.717) is 16.8 Å². The molecule has 0 saturated carbocycles. The van der Waals surface area contributed by atoms with Crippen LogP contribution in [-0.4, -0.2) is 34.6 Å². The smallest absolute Gasteiger partial charge is 0.341 e. The largest absolute Gasteiger partial charge is 0.465 e. The maximum Gasteiger partial charge on any atom is 0.341 e. The van der Waals surface area contributed by atoms with Crippen LogP contribution in [0.2, 0.25) is 0 Å².